The average Bonchev–Trinajstić information content (AvgIpc) is 2.30. The fourth-order valence-corrected chi connectivity index (χ4v) is 1.58. The lowest BCUT2D eigenvalue weighted by Gasteiger charge is -2.34. The van der Waals surface area contributed by atoms with Crippen molar-refractivity contribution in [1.82, 2.24) is 4.90 Å². The summed E-state index contributed by atoms with van der Waals surface area (Å²) in [6.07, 6.45) is 0. The Balaban J connectivity index is 3.08. The quantitative estimate of drug-likeness (QED) is 0.785. The highest BCUT2D eigenvalue weighted by atomic mass is 79.9. The molecule has 0 aliphatic heterocycles. The van der Waals surface area contributed by atoms with Crippen molar-refractivity contribution in [3.05, 3.63) is 35.4 Å². The molecule has 0 spiro atoms. The molecule has 1 aromatic carbocycles. The molecule has 0 heterocycles. The van der Waals surface area contributed by atoms with Crippen molar-refractivity contribution in [2.24, 2.45) is 0 Å². The zero-order valence-corrected chi connectivity index (χ0v) is 11.5. The molecule has 0 bridgehead atoms. The first-order chi connectivity index (χ1) is 7.79. The number of amides is 1. The maximum Gasteiger partial charge on any atom is 0.257 e. The summed E-state index contributed by atoms with van der Waals surface area (Å²) in [6.45, 7) is 3.66. The van der Waals surface area contributed by atoms with Gasteiger partial charge in [-0.15, -0.1) is 0 Å². The largest absolute Gasteiger partial charge is 0.336 e. The van der Waals surface area contributed by atoms with E-state index in [0.29, 0.717) is 5.33 Å². The number of benzene rings is 1. The summed E-state index contributed by atoms with van der Waals surface area (Å²) < 4.78 is 26.4. The monoisotopic (exact) mass is 305 g/mol. The van der Waals surface area contributed by atoms with Gasteiger partial charge in [0.2, 0.25) is 0 Å². The van der Waals surface area contributed by atoms with Crippen LogP contribution in [0.5, 0.6) is 0 Å². The topological polar surface area (TPSA) is 20.3 Å². The molecule has 17 heavy (non-hydrogen) atoms. The van der Waals surface area contributed by atoms with Crippen molar-refractivity contribution in [3.63, 3.8) is 0 Å². The van der Waals surface area contributed by atoms with E-state index in [-0.39, 0.29) is 5.56 Å². The van der Waals surface area contributed by atoms with Crippen LogP contribution in [0.3, 0.4) is 0 Å². The van der Waals surface area contributed by atoms with Gasteiger partial charge in [0.25, 0.3) is 5.91 Å². The number of carbonyl (C=O) groups is 1. The molecule has 0 aliphatic rings. The standard InChI is InChI=1S/C12H14BrF2NO/c1-12(2,7-13)16(3)11(17)9-6-8(14)4-5-10(9)15/h4-6H,7H2,1-3H3. The second-order valence-corrected chi connectivity index (χ2v) is 5.00. The summed E-state index contributed by atoms with van der Waals surface area (Å²) >= 11 is 3.28. The number of rotatable bonds is 3. The van der Waals surface area contributed by atoms with Gasteiger partial charge in [0.05, 0.1) is 5.56 Å². The molecule has 1 aromatic rings. The van der Waals surface area contributed by atoms with Crippen LogP contribution in [-0.2, 0) is 0 Å². The van der Waals surface area contributed by atoms with E-state index in [1.165, 1.54) is 4.90 Å². The Morgan fingerprint density at radius 3 is 2.53 bits per heavy atom. The Kier molecular flexibility index (Phi) is 4.25. The van der Waals surface area contributed by atoms with E-state index in [4.69, 9.17) is 0 Å². The zero-order chi connectivity index (χ0) is 13.2. The summed E-state index contributed by atoms with van der Waals surface area (Å²) in [6, 6.07) is 2.86. The Morgan fingerprint density at radius 1 is 1.41 bits per heavy atom. The van der Waals surface area contributed by atoms with E-state index in [2.05, 4.69) is 15.9 Å². The first-order valence-corrected chi connectivity index (χ1v) is 6.21. The van der Waals surface area contributed by atoms with Crippen LogP contribution < -0.4 is 0 Å². The van der Waals surface area contributed by atoms with E-state index in [1.807, 2.05) is 13.8 Å². The van der Waals surface area contributed by atoms with Gasteiger partial charge in [0.1, 0.15) is 11.6 Å². The molecular formula is C12H14BrF2NO. The molecule has 0 unspecified atom stereocenters. The summed E-state index contributed by atoms with van der Waals surface area (Å²) in [7, 11) is 1.56. The highest BCUT2D eigenvalue weighted by molar-refractivity contribution is 9.09. The third-order valence-corrected chi connectivity index (χ3v) is 4.07. The fraction of sp³-hybridized carbons (Fsp3) is 0.417. The van der Waals surface area contributed by atoms with Crippen LogP contribution in [0.4, 0.5) is 8.78 Å². The van der Waals surface area contributed by atoms with Crippen molar-refractivity contribution in [1.29, 1.82) is 0 Å². The minimum atomic E-state index is -0.714. The van der Waals surface area contributed by atoms with Gasteiger partial charge in [0, 0.05) is 17.9 Å². The van der Waals surface area contributed by atoms with Gasteiger partial charge in [0.15, 0.2) is 0 Å². The van der Waals surface area contributed by atoms with Gasteiger partial charge in [-0.2, -0.15) is 0 Å². The number of alkyl halides is 1. The number of hydrogen-bond donors (Lipinski definition) is 0. The Bertz CT molecular complexity index is 435. The number of nitrogens with zero attached hydrogens (tertiary/aromatic N) is 1. The summed E-state index contributed by atoms with van der Waals surface area (Å²) in [4.78, 5) is 13.4. The smallest absolute Gasteiger partial charge is 0.257 e. The van der Waals surface area contributed by atoms with E-state index in [0.717, 1.165) is 18.2 Å². The molecule has 0 saturated heterocycles. The molecular weight excluding hydrogens is 292 g/mol. The van der Waals surface area contributed by atoms with Gasteiger partial charge in [-0.1, -0.05) is 15.9 Å². The Labute approximate surface area is 108 Å². The SMILES string of the molecule is CN(C(=O)c1cc(F)ccc1F)C(C)(C)CBr. The van der Waals surface area contributed by atoms with Crippen LogP contribution in [0.25, 0.3) is 0 Å². The average molecular weight is 306 g/mol. The molecule has 0 saturated carbocycles. The fourth-order valence-electron chi connectivity index (χ4n) is 1.21. The maximum absolute atomic E-state index is 13.4. The number of carbonyl (C=O) groups excluding carboxylic acids is 1. The van der Waals surface area contributed by atoms with Crippen LogP contribution >= 0.6 is 15.9 Å². The maximum atomic E-state index is 13.4. The highest BCUT2D eigenvalue weighted by Gasteiger charge is 2.28. The van der Waals surface area contributed by atoms with Gasteiger partial charge in [-0.25, -0.2) is 8.78 Å². The summed E-state index contributed by atoms with van der Waals surface area (Å²) in [5, 5.41) is 0.541. The van der Waals surface area contributed by atoms with Crippen LogP contribution in [0.15, 0.2) is 18.2 Å². The molecule has 0 radical (unpaired) electrons. The molecule has 1 amide bonds. The lowest BCUT2D eigenvalue weighted by molar-refractivity contribution is 0.0658. The first-order valence-electron chi connectivity index (χ1n) is 5.09. The number of hydrogen-bond acceptors (Lipinski definition) is 1. The van der Waals surface area contributed by atoms with Crippen LogP contribution in [0.1, 0.15) is 24.2 Å². The lowest BCUT2D eigenvalue weighted by Crippen LogP contribution is -2.46. The van der Waals surface area contributed by atoms with Gasteiger partial charge >= 0.3 is 0 Å². The zero-order valence-electron chi connectivity index (χ0n) is 9.93. The van der Waals surface area contributed by atoms with E-state index in [1.54, 1.807) is 7.05 Å². The molecule has 0 aromatic heterocycles. The predicted molar refractivity (Wildman–Crippen MR) is 66.3 cm³/mol. The Hall–Kier alpha value is -0.970. The summed E-state index contributed by atoms with van der Waals surface area (Å²) in [5.41, 5.74) is -0.725. The van der Waals surface area contributed by atoms with Crippen molar-refractivity contribution in [3.8, 4) is 0 Å². The number of halogens is 3. The van der Waals surface area contributed by atoms with Crippen LogP contribution in [-0.4, -0.2) is 28.7 Å². The molecule has 0 atom stereocenters. The van der Waals surface area contributed by atoms with Crippen molar-refractivity contribution in [2.45, 2.75) is 19.4 Å². The van der Waals surface area contributed by atoms with Crippen molar-refractivity contribution in [2.75, 3.05) is 12.4 Å². The second kappa shape index (κ2) is 5.12. The van der Waals surface area contributed by atoms with E-state index < -0.39 is 23.1 Å². The third-order valence-electron chi connectivity index (χ3n) is 2.70. The van der Waals surface area contributed by atoms with Crippen LogP contribution in [0, 0.1) is 11.6 Å². The van der Waals surface area contributed by atoms with E-state index in [9.17, 15) is 13.6 Å². The Morgan fingerprint density at radius 2 is 2.00 bits per heavy atom. The summed E-state index contributed by atoms with van der Waals surface area (Å²) in [5.74, 6) is -1.88. The van der Waals surface area contributed by atoms with Crippen molar-refractivity contribution < 1.29 is 13.6 Å². The normalized spacial score (nSPS) is 11.4. The predicted octanol–water partition coefficient (Wildman–Crippen LogP) is 3.21. The molecule has 94 valence electrons. The van der Waals surface area contributed by atoms with Crippen molar-refractivity contribution >= 4 is 21.8 Å². The molecule has 5 heteroatoms. The minimum Gasteiger partial charge on any atom is -0.336 e. The van der Waals surface area contributed by atoms with Gasteiger partial charge in [-0.3, -0.25) is 4.79 Å². The molecule has 0 aliphatic carbocycles. The minimum absolute atomic E-state index is 0.249. The van der Waals surface area contributed by atoms with Gasteiger partial charge in [-0.05, 0) is 32.0 Å². The first kappa shape index (κ1) is 14.1. The lowest BCUT2D eigenvalue weighted by atomic mass is 10.0. The van der Waals surface area contributed by atoms with Crippen LogP contribution in [0.2, 0.25) is 0 Å². The van der Waals surface area contributed by atoms with E-state index >= 15 is 0 Å². The molecule has 0 fully saturated rings. The van der Waals surface area contributed by atoms with Gasteiger partial charge < -0.3 is 4.90 Å². The molecule has 2 nitrogen and oxygen atoms in total. The third kappa shape index (κ3) is 3.03. The molecule has 1 rings (SSSR count). The highest BCUT2D eigenvalue weighted by Crippen LogP contribution is 2.20. The second-order valence-electron chi connectivity index (χ2n) is 4.43. The molecule has 0 N–H and O–H groups in total.